The molecule has 0 aromatic heterocycles. The van der Waals surface area contributed by atoms with Gasteiger partial charge >= 0.3 is 0 Å². The Hall–Kier alpha value is -4.44. The molecule has 3 N–H and O–H groups in total. The summed E-state index contributed by atoms with van der Waals surface area (Å²) in [5, 5.41) is 28.3. The van der Waals surface area contributed by atoms with E-state index in [2.05, 4.69) is 15.0 Å². The number of nitrogens with one attached hydrogen (secondary N) is 1. The van der Waals surface area contributed by atoms with Crippen molar-refractivity contribution in [2.45, 2.75) is 4.90 Å². The van der Waals surface area contributed by atoms with E-state index in [0.29, 0.717) is 16.5 Å². The molecule has 34 heavy (non-hydrogen) atoms. The van der Waals surface area contributed by atoms with Gasteiger partial charge in [-0.15, -0.1) is 10.2 Å². The zero-order valence-electron chi connectivity index (χ0n) is 17.8. The van der Waals surface area contributed by atoms with Crippen LogP contribution in [0, 0.1) is 0 Å². The van der Waals surface area contributed by atoms with Crippen molar-refractivity contribution in [2.24, 2.45) is 10.2 Å². The van der Waals surface area contributed by atoms with Crippen LogP contribution in [-0.2, 0) is 10.0 Å². The first-order valence-electron chi connectivity index (χ1n) is 9.95. The van der Waals surface area contributed by atoms with Crippen molar-refractivity contribution in [1.29, 1.82) is 0 Å². The molecule has 0 fully saturated rings. The van der Waals surface area contributed by atoms with E-state index in [4.69, 9.17) is 4.74 Å². The fraction of sp³-hybridized carbons (Fsp3) is 0.0417. The summed E-state index contributed by atoms with van der Waals surface area (Å²) in [6.45, 7) is 0. The van der Waals surface area contributed by atoms with Gasteiger partial charge in [0.05, 0.1) is 17.7 Å². The summed E-state index contributed by atoms with van der Waals surface area (Å²) in [4.78, 5) is 12.3. The quantitative estimate of drug-likeness (QED) is 0.264. The lowest BCUT2D eigenvalue weighted by molar-refractivity contribution is 0.0995. The average Bonchev–Trinajstić information content (AvgIpc) is 2.85. The van der Waals surface area contributed by atoms with Crippen LogP contribution >= 0.6 is 0 Å². The highest BCUT2D eigenvalue weighted by Gasteiger charge is 2.19. The Kier molecular flexibility index (Phi) is 6.15. The SMILES string of the molecule is COc1ccc(S(=O)(=O)Nc2cc(N=NC(=O)c3ccc(O)cc3)c(O)c3ccccc23)cc1. The minimum absolute atomic E-state index is 0.00514. The molecule has 0 aliphatic carbocycles. The second kappa shape index (κ2) is 9.20. The maximum Gasteiger partial charge on any atom is 0.295 e. The van der Waals surface area contributed by atoms with E-state index in [0.717, 1.165) is 0 Å². The van der Waals surface area contributed by atoms with Gasteiger partial charge in [-0.25, -0.2) is 8.42 Å². The number of sulfonamides is 1. The number of nitrogens with zero attached hydrogens (tertiary/aromatic N) is 2. The summed E-state index contributed by atoms with van der Waals surface area (Å²) < 4.78 is 33.5. The number of fused-ring (bicyclic) bond motifs is 1. The highest BCUT2D eigenvalue weighted by atomic mass is 32.2. The van der Waals surface area contributed by atoms with Crippen molar-refractivity contribution in [3.05, 3.63) is 84.4 Å². The van der Waals surface area contributed by atoms with Crippen LogP contribution in [0.25, 0.3) is 10.8 Å². The topological polar surface area (TPSA) is 138 Å². The van der Waals surface area contributed by atoms with Crippen molar-refractivity contribution in [3.8, 4) is 17.2 Å². The third kappa shape index (κ3) is 4.66. The fourth-order valence-electron chi connectivity index (χ4n) is 3.23. The maximum atomic E-state index is 13.0. The van der Waals surface area contributed by atoms with Gasteiger partial charge in [0, 0.05) is 16.3 Å². The highest BCUT2D eigenvalue weighted by molar-refractivity contribution is 7.92. The zero-order valence-corrected chi connectivity index (χ0v) is 18.7. The third-order valence-corrected chi connectivity index (χ3v) is 6.35. The molecule has 4 aromatic rings. The molecule has 0 unspecified atom stereocenters. The minimum Gasteiger partial charge on any atom is -0.508 e. The Labute approximate surface area is 195 Å². The second-order valence-electron chi connectivity index (χ2n) is 7.17. The predicted molar refractivity (Wildman–Crippen MR) is 126 cm³/mol. The van der Waals surface area contributed by atoms with Crippen LogP contribution in [0.3, 0.4) is 0 Å². The first kappa shape index (κ1) is 22.7. The molecule has 0 radical (unpaired) electrons. The largest absolute Gasteiger partial charge is 0.508 e. The highest BCUT2D eigenvalue weighted by Crippen LogP contribution is 2.40. The van der Waals surface area contributed by atoms with Crippen molar-refractivity contribution < 1.29 is 28.2 Å². The number of phenolic OH excluding ortho intramolecular Hbond substituents is 2. The molecule has 9 nitrogen and oxygen atoms in total. The molecule has 1 amide bonds. The number of phenols is 2. The Balaban J connectivity index is 1.73. The zero-order chi connectivity index (χ0) is 24.3. The van der Waals surface area contributed by atoms with E-state index in [-0.39, 0.29) is 33.3 Å². The summed E-state index contributed by atoms with van der Waals surface area (Å²) in [7, 11) is -2.51. The number of amides is 1. The van der Waals surface area contributed by atoms with Gasteiger partial charge in [-0.1, -0.05) is 24.3 Å². The predicted octanol–water partition coefficient (Wildman–Crippen LogP) is 4.98. The van der Waals surface area contributed by atoms with Crippen molar-refractivity contribution in [3.63, 3.8) is 0 Å². The van der Waals surface area contributed by atoms with E-state index in [1.54, 1.807) is 24.3 Å². The molecular weight excluding hydrogens is 458 g/mol. The molecule has 172 valence electrons. The Morgan fingerprint density at radius 2 is 1.56 bits per heavy atom. The van der Waals surface area contributed by atoms with Gasteiger partial charge in [0.2, 0.25) is 0 Å². The second-order valence-corrected chi connectivity index (χ2v) is 8.85. The smallest absolute Gasteiger partial charge is 0.295 e. The number of rotatable bonds is 6. The van der Waals surface area contributed by atoms with Gasteiger partial charge in [-0.05, 0) is 54.6 Å². The monoisotopic (exact) mass is 477 g/mol. The van der Waals surface area contributed by atoms with Gasteiger partial charge in [-0.2, -0.15) is 0 Å². The molecule has 10 heteroatoms. The normalized spacial score (nSPS) is 11.6. The minimum atomic E-state index is -3.99. The first-order chi connectivity index (χ1) is 16.3. The molecule has 4 rings (SSSR count). The number of methoxy groups -OCH3 is 1. The van der Waals surface area contributed by atoms with Gasteiger partial charge in [0.25, 0.3) is 15.9 Å². The van der Waals surface area contributed by atoms with Crippen molar-refractivity contribution in [2.75, 3.05) is 11.8 Å². The number of hydrogen-bond donors (Lipinski definition) is 3. The Bertz CT molecular complexity index is 1500. The van der Waals surface area contributed by atoms with E-state index >= 15 is 0 Å². The summed E-state index contributed by atoms with van der Waals surface area (Å²) >= 11 is 0. The van der Waals surface area contributed by atoms with E-state index in [1.165, 1.54) is 61.7 Å². The summed E-state index contributed by atoms with van der Waals surface area (Å²) in [6, 6.07) is 19.2. The van der Waals surface area contributed by atoms with Crippen LogP contribution in [0.2, 0.25) is 0 Å². The van der Waals surface area contributed by atoms with Crippen LogP contribution in [-0.4, -0.2) is 31.6 Å². The van der Waals surface area contributed by atoms with Crippen LogP contribution in [0.15, 0.2) is 94.0 Å². The summed E-state index contributed by atoms with van der Waals surface area (Å²) in [5.41, 5.74) is 0.232. The molecule has 0 saturated heterocycles. The van der Waals surface area contributed by atoms with Crippen LogP contribution in [0.1, 0.15) is 10.4 Å². The molecule has 4 aromatic carbocycles. The molecular formula is C24H19N3O6S. The molecule has 0 aliphatic rings. The van der Waals surface area contributed by atoms with E-state index < -0.39 is 15.9 Å². The van der Waals surface area contributed by atoms with Crippen molar-refractivity contribution in [1.82, 2.24) is 0 Å². The Morgan fingerprint density at radius 3 is 2.21 bits per heavy atom. The summed E-state index contributed by atoms with van der Waals surface area (Å²) in [5.74, 6) is -0.456. The number of carbonyl (C=O) groups is 1. The first-order valence-corrected chi connectivity index (χ1v) is 11.4. The molecule has 0 spiro atoms. The van der Waals surface area contributed by atoms with E-state index in [1.807, 2.05) is 0 Å². The van der Waals surface area contributed by atoms with Crippen LogP contribution < -0.4 is 9.46 Å². The number of anilines is 1. The number of ether oxygens (including phenoxy) is 1. The lowest BCUT2D eigenvalue weighted by atomic mass is 10.1. The maximum absolute atomic E-state index is 13.0. The van der Waals surface area contributed by atoms with Gasteiger partial charge < -0.3 is 14.9 Å². The van der Waals surface area contributed by atoms with Gasteiger partial charge in [0.15, 0.2) is 5.75 Å². The lowest BCUT2D eigenvalue weighted by Crippen LogP contribution is -2.13. The van der Waals surface area contributed by atoms with Crippen LogP contribution in [0.4, 0.5) is 11.4 Å². The number of aromatic hydroxyl groups is 2. The standard InChI is InChI=1S/C24H19N3O6S/c1-33-17-10-12-18(13-11-17)34(31,32)27-21-14-22(23(29)20-5-3-2-4-19(20)21)25-26-24(30)15-6-8-16(28)9-7-15/h2-14,27-29H,1H3. The number of hydrogen-bond acceptors (Lipinski definition) is 7. The number of carbonyl (C=O) groups excluding carboxylic acids is 1. The third-order valence-electron chi connectivity index (χ3n) is 4.97. The Morgan fingerprint density at radius 1 is 0.912 bits per heavy atom. The molecule has 0 saturated carbocycles. The molecule has 0 heterocycles. The van der Waals surface area contributed by atoms with Crippen LogP contribution in [0.5, 0.6) is 17.2 Å². The lowest BCUT2D eigenvalue weighted by Gasteiger charge is -2.13. The van der Waals surface area contributed by atoms with Gasteiger partial charge in [0.1, 0.15) is 17.2 Å². The molecule has 0 aliphatic heterocycles. The fourth-order valence-corrected chi connectivity index (χ4v) is 4.30. The molecule has 0 bridgehead atoms. The number of azo groups is 1. The average molecular weight is 477 g/mol. The van der Waals surface area contributed by atoms with Crippen molar-refractivity contribution >= 4 is 38.1 Å². The summed E-state index contributed by atoms with van der Waals surface area (Å²) in [6.07, 6.45) is 0. The van der Waals surface area contributed by atoms with E-state index in [9.17, 15) is 23.4 Å². The molecule has 0 atom stereocenters. The van der Waals surface area contributed by atoms with Gasteiger partial charge in [-0.3, -0.25) is 9.52 Å². The number of benzene rings is 4.